The zero-order valence-corrected chi connectivity index (χ0v) is 10.3. The highest BCUT2D eigenvalue weighted by molar-refractivity contribution is 9.10. The van der Waals surface area contributed by atoms with Crippen molar-refractivity contribution in [3.8, 4) is 0 Å². The molecule has 1 aromatic rings. The van der Waals surface area contributed by atoms with E-state index in [0.717, 1.165) is 10.0 Å². The highest BCUT2D eigenvalue weighted by Crippen LogP contribution is 2.18. The Morgan fingerprint density at radius 3 is 2.60 bits per heavy atom. The van der Waals surface area contributed by atoms with Crippen LogP contribution in [0.25, 0.3) is 6.08 Å². The Morgan fingerprint density at radius 1 is 1.47 bits per heavy atom. The second kappa shape index (κ2) is 5.12. The Kier molecular flexibility index (Phi) is 4.09. The van der Waals surface area contributed by atoms with Gasteiger partial charge < -0.3 is 5.11 Å². The van der Waals surface area contributed by atoms with Gasteiger partial charge in [-0.25, -0.2) is 4.79 Å². The average molecular weight is 269 g/mol. The molecule has 0 radical (unpaired) electrons. The van der Waals surface area contributed by atoms with E-state index in [2.05, 4.69) is 15.9 Å². The highest BCUT2D eigenvalue weighted by atomic mass is 79.9. The molecule has 0 saturated heterocycles. The van der Waals surface area contributed by atoms with Gasteiger partial charge in [-0.2, -0.15) is 0 Å². The van der Waals surface area contributed by atoms with Crippen LogP contribution < -0.4 is 0 Å². The van der Waals surface area contributed by atoms with Crippen molar-refractivity contribution in [1.29, 1.82) is 0 Å². The minimum absolute atomic E-state index is 0.0153. The second-order valence-electron chi connectivity index (χ2n) is 3.61. The van der Waals surface area contributed by atoms with Crippen molar-refractivity contribution in [3.05, 3.63) is 39.9 Å². The van der Waals surface area contributed by atoms with Crippen LogP contribution in [-0.4, -0.2) is 11.1 Å². The predicted molar refractivity (Wildman–Crippen MR) is 64.6 cm³/mol. The number of carbonyl (C=O) groups is 1. The summed E-state index contributed by atoms with van der Waals surface area (Å²) >= 11 is 3.35. The minimum atomic E-state index is -0.857. The average Bonchev–Trinajstić information content (AvgIpc) is 2.13. The summed E-state index contributed by atoms with van der Waals surface area (Å²) in [6, 6.07) is 7.57. The monoisotopic (exact) mass is 268 g/mol. The Bertz CT molecular complexity index is 394. The fourth-order valence-electron chi connectivity index (χ4n) is 1.25. The molecule has 0 saturated carbocycles. The SMILES string of the molecule is CC(C)/C(=C\c1cccc(Br)c1)C(=O)O. The van der Waals surface area contributed by atoms with Crippen molar-refractivity contribution in [2.24, 2.45) is 5.92 Å². The van der Waals surface area contributed by atoms with Crippen LogP contribution in [0.2, 0.25) is 0 Å². The van der Waals surface area contributed by atoms with Crippen LogP contribution in [0.1, 0.15) is 19.4 Å². The van der Waals surface area contributed by atoms with Crippen LogP contribution in [0.4, 0.5) is 0 Å². The first-order valence-electron chi connectivity index (χ1n) is 4.71. The second-order valence-corrected chi connectivity index (χ2v) is 4.53. The van der Waals surface area contributed by atoms with Gasteiger partial charge in [-0.3, -0.25) is 0 Å². The van der Waals surface area contributed by atoms with Gasteiger partial charge in [-0.05, 0) is 29.7 Å². The lowest BCUT2D eigenvalue weighted by Gasteiger charge is -2.06. The van der Waals surface area contributed by atoms with E-state index in [0.29, 0.717) is 5.57 Å². The molecule has 1 rings (SSSR count). The van der Waals surface area contributed by atoms with Crippen LogP contribution in [0.15, 0.2) is 34.3 Å². The molecule has 0 unspecified atom stereocenters. The van der Waals surface area contributed by atoms with Crippen molar-refractivity contribution in [2.75, 3.05) is 0 Å². The van der Waals surface area contributed by atoms with E-state index >= 15 is 0 Å². The molecular weight excluding hydrogens is 256 g/mol. The van der Waals surface area contributed by atoms with E-state index in [-0.39, 0.29) is 5.92 Å². The molecule has 0 aliphatic carbocycles. The summed E-state index contributed by atoms with van der Waals surface area (Å²) in [6.45, 7) is 3.75. The van der Waals surface area contributed by atoms with Gasteiger partial charge in [0.05, 0.1) is 0 Å². The van der Waals surface area contributed by atoms with Gasteiger partial charge in [0.1, 0.15) is 0 Å². The molecule has 15 heavy (non-hydrogen) atoms. The maximum atomic E-state index is 11.0. The van der Waals surface area contributed by atoms with Crippen LogP contribution >= 0.6 is 15.9 Å². The summed E-state index contributed by atoms with van der Waals surface area (Å²) in [5.41, 5.74) is 1.32. The summed E-state index contributed by atoms with van der Waals surface area (Å²) in [7, 11) is 0. The lowest BCUT2D eigenvalue weighted by atomic mass is 10.0. The third kappa shape index (κ3) is 3.51. The summed E-state index contributed by atoms with van der Waals surface area (Å²) in [4.78, 5) is 11.0. The van der Waals surface area contributed by atoms with Gasteiger partial charge in [0.2, 0.25) is 0 Å². The third-order valence-corrected chi connectivity index (χ3v) is 2.53. The zero-order valence-electron chi connectivity index (χ0n) is 8.70. The lowest BCUT2D eigenvalue weighted by Crippen LogP contribution is -2.06. The first kappa shape index (κ1) is 12.0. The van der Waals surface area contributed by atoms with E-state index in [1.54, 1.807) is 6.08 Å². The van der Waals surface area contributed by atoms with Gasteiger partial charge >= 0.3 is 5.97 Å². The quantitative estimate of drug-likeness (QED) is 0.851. The molecule has 0 spiro atoms. The standard InChI is InChI=1S/C12H13BrO2/c1-8(2)11(12(14)15)7-9-4-3-5-10(13)6-9/h3-8H,1-2H3,(H,14,15)/b11-7+. The molecule has 0 aliphatic rings. The summed E-state index contributed by atoms with van der Waals surface area (Å²) in [5, 5.41) is 8.99. The van der Waals surface area contributed by atoms with Crippen molar-refractivity contribution in [3.63, 3.8) is 0 Å². The fraction of sp³-hybridized carbons (Fsp3) is 0.250. The topological polar surface area (TPSA) is 37.3 Å². The number of benzene rings is 1. The molecule has 0 amide bonds. The molecule has 0 atom stereocenters. The lowest BCUT2D eigenvalue weighted by molar-refractivity contribution is -0.133. The molecule has 1 N–H and O–H groups in total. The third-order valence-electron chi connectivity index (χ3n) is 2.04. The molecule has 0 aromatic heterocycles. The van der Waals surface area contributed by atoms with Gasteiger partial charge in [-0.1, -0.05) is 41.9 Å². The Hall–Kier alpha value is -1.09. The summed E-state index contributed by atoms with van der Waals surface area (Å²) in [6.07, 6.45) is 1.71. The van der Waals surface area contributed by atoms with E-state index in [4.69, 9.17) is 5.11 Å². The Labute approximate surface area is 97.8 Å². The largest absolute Gasteiger partial charge is 0.478 e. The number of carboxylic acid groups (broad SMARTS) is 1. The molecular formula is C12H13BrO2. The van der Waals surface area contributed by atoms with Crippen molar-refractivity contribution in [1.82, 2.24) is 0 Å². The molecule has 2 nitrogen and oxygen atoms in total. The van der Waals surface area contributed by atoms with Crippen molar-refractivity contribution in [2.45, 2.75) is 13.8 Å². The molecule has 0 bridgehead atoms. The molecule has 3 heteroatoms. The maximum Gasteiger partial charge on any atom is 0.331 e. The van der Waals surface area contributed by atoms with Crippen molar-refractivity contribution >= 4 is 28.0 Å². The first-order valence-corrected chi connectivity index (χ1v) is 5.50. The molecule has 1 aromatic carbocycles. The Morgan fingerprint density at radius 2 is 2.13 bits per heavy atom. The maximum absolute atomic E-state index is 11.0. The molecule has 80 valence electrons. The van der Waals surface area contributed by atoms with Gasteiger partial charge in [0.25, 0.3) is 0 Å². The zero-order chi connectivity index (χ0) is 11.4. The van der Waals surface area contributed by atoms with Crippen LogP contribution in [0, 0.1) is 5.92 Å². The first-order chi connectivity index (χ1) is 7.00. The number of aliphatic carboxylic acids is 1. The van der Waals surface area contributed by atoms with E-state index < -0.39 is 5.97 Å². The number of carboxylic acids is 1. The van der Waals surface area contributed by atoms with E-state index in [9.17, 15) is 4.79 Å². The molecule has 0 aliphatic heterocycles. The van der Waals surface area contributed by atoms with Gasteiger partial charge in [0, 0.05) is 10.0 Å². The van der Waals surface area contributed by atoms with Crippen LogP contribution in [0.5, 0.6) is 0 Å². The molecule has 0 fully saturated rings. The summed E-state index contributed by atoms with van der Waals surface area (Å²) in [5.74, 6) is -0.841. The van der Waals surface area contributed by atoms with Gasteiger partial charge in [-0.15, -0.1) is 0 Å². The predicted octanol–water partition coefficient (Wildman–Crippen LogP) is 3.57. The number of halogens is 1. The van der Waals surface area contributed by atoms with Gasteiger partial charge in [0.15, 0.2) is 0 Å². The van der Waals surface area contributed by atoms with E-state index in [1.807, 2.05) is 38.1 Å². The number of hydrogen-bond donors (Lipinski definition) is 1. The van der Waals surface area contributed by atoms with Crippen LogP contribution in [0.3, 0.4) is 0 Å². The number of rotatable bonds is 3. The molecule has 0 heterocycles. The Balaban J connectivity index is 3.08. The normalized spacial score (nSPS) is 11.9. The minimum Gasteiger partial charge on any atom is -0.478 e. The van der Waals surface area contributed by atoms with Crippen LogP contribution in [-0.2, 0) is 4.79 Å². The van der Waals surface area contributed by atoms with Crippen molar-refractivity contribution < 1.29 is 9.90 Å². The summed E-state index contributed by atoms with van der Waals surface area (Å²) < 4.78 is 0.949. The van der Waals surface area contributed by atoms with E-state index in [1.165, 1.54) is 0 Å². The smallest absolute Gasteiger partial charge is 0.331 e. The number of hydrogen-bond acceptors (Lipinski definition) is 1. The fourth-order valence-corrected chi connectivity index (χ4v) is 1.67. The highest BCUT2D eigenvalue weighted by Gasteiger charge is 2.11.